The van der Waals surface area contributed by atoms with Crippen LogP contribution in [-0.2, 0) is 10.2 Å². The van der Waals surface area contributed by atoms with Crippen molar-refractivity contribution in [2.75, 3.05) is 33.4 Å². The van der Waals surface area contributed by atoms with Gasteiger partial charge in [-0.1, -0.05) is 30.3 Å². The number of benzene rings is 2. The van der Waals surface area contributed by atoms with Gasteiger partial charge < -0.3 is 14.6 Å². The molecule has 0 aromatic heterocycles. The molecule has 1 N–H and O–H groups in total. The predicted octanol–water partition coefficient (Wildman–Crippen LogP) is 3.20. The first kappa shape index (κ1) is 17.6. The van der Waals surface area contributed by atoms with Gasteiger partial charge in [0.1, 0.15) is 23.5 Å². The van der Waals surface area contributed by atoms with Crippen molar-refractivity contribution in [3.8, 4) is 11.5 Å². The zero-order chi connectivity index (χ0) is 18.9. The van der Waals surface area contributed by atoms with E-state index in [0.717, 1.165) is 34.7 Å². The van der Waals surface area contributed by atoms with Crippen LogP contribution in [0.4, 0.5) is 0 Å². The summed E-state index contributed by atoms with van der Waals surface area (Å²) in [5.74, 6) is 0.898. The van der Waals surface area contributed by atoms with Gasteiger partial charge >= 0.3 is 5.97 Å². The van der Waals surface area contributed by atoms with Crippen molar-refractivity contribution in [2.24, 2.45) is 0 Å². The van der Waals surface area contributed by atoms with Crippen LogP contribution in [0, 0.1) is 0 Å². The highest BCUT2D eigenvalue weighted by Crippen LogP contribution is 2.36. The molecule has 2 aromatic rings. The number of carbonyl (C=O) groups is 1. The molecule has 0 amide bonds. The Morgan fingerprint density at radius 2 is 2.07 bits per heavy atom. The summed E-state index contributed by atoms with van der Waals surface area (Å²) in [6.45, 7) is 2.50. The van der Waals surface area contributed by atoms with Gasteiger partial charge in [-0.3, -0.25) is 9.69 Å². The van der Waals surface area contributed by atoms with Crippen molar-refractivity contribution in [3.63, 3.8) is 0 Å². The summed E-state index contributed by atoms with van der Waals surface area (Å²) in [6.07, 6.45) is 2.75. The van der Waals surface area contributed by atoms with Gasteiger partial charge in [-0.25, -0.2) is 0 Å². The molecule has 2 aliphatic heterocycles. The van der Waals surface area contributed by atoms with E-state index in [1.165, 1.54) is 0 Å². The minimum atomic E-state index is -0.835. The lowest BCUT2D eigenvalue weighted by atomic mass is 9.80. The molecule has 5 nitrogen and oxygen atoms in total. The average Bonchev–Trinajstić information content (AvgIpc) is 3.13. The number of ether oxygens (including phenoxy) is 2. The number of likely N-dealkylation sites (tertiary alicyclic amines) is 1. The Labute approximate surface area is 158 Å². The van der Waals surface area contributed by atoms with E-state index in [1.54, 1.807) is 7.11 Å². The number of carboxylic acid groups (broad SMARTS) is 1. The van der Waals surface area contributed by atoms with Gasteiger partial charge in [0.05, 0.1) is 7.11 Å². The third kappa shape index (κ3) is 3.30. The van der Waals surface area contributed by atoms with Crippen LogP contribution < -0.4 is 9.47 Å². The number of methoxy groups -OCH3 is 1. The standard InChI is InChI=1S/C22H23NO4/c1-26-19-7-8-20-17(12-19)11-16(14-27-20)13-23-10-9-22(15-23,21(24)25)18-5-3-2-4-6-18/h2-8,11-12H,9-10,13-15H2,1H3,(H,24,25). The number of fused-ring (bicyclic) bond motifs is 1. The van der Waals surface area contributed by atoms with Crippen LogP contribution in [0.3, 0.4) is 0 Å². The van der Waals surface area contributed by atoms with Gasteiger partial charge in [0.15, 0.2) is 0 Å². The molecule has 0 radical (unpaired) electrons. The van der Waals surface area contributed by atoms with Gasteiger partial charge in [-0.2, -0.15) is 0 Å². The molecule has 5 heteroatoms. The molecule has 2 aromatic carbocycles. The lowest BCUT2D eigenvalue weighted by Crippen LogP contribution is -2.39. The van der Waals surface area contributed by atoms with E-state index in [-0.39, 0.29) is 0 Å². The quantitative estimate of drug-likeness (QED) is 0.882. The summed E-state index contributed by atoms with van der Waals surface area (Å²) in [7, 11) is 1.65. The highest BCUT2D eigenvalue weighted by atomic mass is 16.5. The third-order valence-corrected chi connectivity index (χ3v) is 5.50. The molecule has 1 fully saturated rings. The lowest BCUT2D eigenvalue weighted by molar-refractivity contribution is -0.143. The first-order valence-electron chi connectivity index (χ1n) is 9.12. The first-order valence-corrected chi connectivity index (χ1v) is 9.12. The summed E-state index contributed by atoms with van der Waals surface area (Å²) in [6, 6.07) is 15.3. The Morgan fingerprint density at radius 1 is 1.26 bits per heavy atom. The minimum Gasteiger partial charge on any atom is -0.497 e. The number of aliphatic carboxylic acids is 1. The molecule has 0 aliphatic carbocycles. The minimum absolute atomic E-state index is 0.509. The summed E-state index contributed by atoms with van der Waals surface area (Å²) in [5.41, 5.74) is 2.19. The fourth-order valence-corrected chi connectivity index (χ4v) is 4.02. The molecule has 2 aliphatic rings. The Hall–Kier alpha value is -2.79. The molecule has 0 bridgehead atoms. The smallest absolute Gasteiger partial charge is 0.315 e. The van der Waals surface area contributed by atoms with Crippen molar-refractivity contribution in [3.05, 3.63) is 65.2 Å². The molecular formula is C22H23NO4. The van der Waals surface area contributed by atoms with E-state index in [4.69, 9.17) is 9.47 Å². The summed E-state index contributed by atoms with van der Waals surface area (Å²) in [4.78, 5) is 14.3. The fraction of sp³-hybridized carbons (Fsp3) is 0.318. The van der Waals surface area contributed by atoms with Gasteiger partial charge in [-0.05, 0) is 48.4 Å². The van der Waals surface area contributed by atoms with Gasteiger partial charge in [0.2, 0.25) is 0 Å². The lowest BCUT2D eigenvalue weighted by Gasteiger charge is -2.26. The number of hydrogen-bond acceptors (Lipinski definition) is 4. The van der Waals surface area contributed by atoms with Crippen molar-refractivity contribution in [1.82, 2.24) is 4.90 Å². The second kappa shape index (κ2) is 7.08. The van der Waals surface area contributed by atoms with Crippen LogP contribution in [0.2, 0.25) is 0 Å². The Balaban J connectivity index is 1.53. The van der Waals surface area contributed by atoms with Gasteiger partial charge in [0.25, 0.3) is 0 Å². The Kier molecular flexibility index (Phi) is 4.62. The summed E-state index contributed by atoms with van der Waals surface area (Å²) >= 11 is 0. The number of rotatable bonds is 5. The van der Waals surface area contributed by atoms with Crippen LogP contribution in [0.1, 0.15) is 17.5 Å². The second-order valence-electron chi connectivity index (χ2n) is 7.21. The van der Waals surface area contributed by atoms with Crippen molar-refractivity contribution < 1.29 is 19.4 Å². The molecule has 0 spiro atoms. The topological polar surface area (TPSA) is 59.0 Å². The Morgan fingerprint density at radius 3 is 2.81 bits per heavy atom. The SMILES string of the molecule is COc1ccc2c(c1)C=C(CN1CCC(C(=O)O)(c3ccccc3)C1)CO2. The zero-order valence-electron chi connectivity index (χ0n) is 15.4. The predicted molar refractivity (Wildman–Crippen MR) is 103 cm³/mol. The largest absolute Gasteiger partial charge is 0.497 e. The van der Waals surface area contributed by atoms with Crippen LogP contribution in [0.25, 0.3) is 6.08 Å². The van der Waals surface area contributed by atoms with Crippen LogP contribution in [0.15, 0.2) is 54.1 Å². The summed E-state index contributed by atoms with van der Waals surface area (Å²) in [5, 5.41) is 9.95. The monoisotopic (exact) mass is 365 g/mol. The van der Waals surface area contributed by atoms with Crippen molar-refractivity contribution in [2.45, 2.75) is 11.8 Å². The first-order chi connectivity index (χ1) is 13.1. The average molecular weight is 365 g/mol. The second-order valence-corrected chi connectivity index (χ2v) is 7.21. The van der Waals surface area contributed by atoms with E-state index in [9.17, 15) is 9.90 Å². The van der Waals surface area contributed by atoms with Crippen LogP contribution >= 0.6 is 0 Å². The molecule has 4 rings (SSSR count). The molecular weight excluding hydrogens is 342 g/mol. The fourth-order valence-electron chi connectivity index (χ4n) is 4.02. The van der Waals surface area contributed by atoms with E-state index < -0.39 is 11.4 Å². The maximum absolute atomic E-state index is 12.1. The van der Waals surface area contributed by atoms with Crippen molar-refractivity contribution in [1.29, 1.82) is 0 Å². The number of carboxylic acids is 1. The molecule has 0 saturated carbocycles. The maximum Gasteiger partial charge on any atom is 0.315 e. The Bertz CT molecular complexity index is 877. The highest BCUT2D eigenvalue weighted by molar-refractivity contribution is 5.82. The number of hydrogen-bond donors (Lipinski definition) is 1. The van der Waals surface area contributed by atoms with Gasteiger partial charge in [0, 0.05) is 18.7 Å². The van der Waals surface area contributed by atoms with Crippen LogP contribution in [-0.4, -0.2) is 49.3 Å². The summed E-state index contributed by atoms with van der Waals surface area (Å²) < 4.78 is 11.2. The number of nitrogens with zero attached hydrogens (tertiary/aromatic N) is 1. The van der Waals surface area contributed by atoms with Crippen molar-refractivity contribution >= 4 is 12.0 Å². The zero-order valence-corrected chi connectivity index (χ0v) is 15.4. The third-order valence-electron chi connectivity index (χ3n) is 5.50. The molecule has 27 heavy (non-hydrogen) atoms. The molecule has 1 atom stereocenters. The van der Waals surface area contributed by atoms with Crippen LogP contribution in [0.5, 0.6) is 11.5 Å². The van der Waals surface area contributed by atoms with E-state index >= 15 is 0 Å². The molecule has 140 valence electrons. The van der Waals surface area contributed by atoms with E-state index in [1.807, 2.05) is 48.5 Å². The normalized spacial score (nSPS) is 21.9. The maximum atomic E-state index is 12.1. The molecule has 1 saturated heterocycles. The molecule has 2 heterocycles. The molecule has 1 unspecified atom stereocenters. The van der Waals surface area contributed by atoms with Gasteiger partial charge in [-0.15, -0.1) is 0 Å². The van der Waals surface area contributed by atoms with E-state index in [0.29, 0.717) is 26.1 Å². The highest BCUT2D eigenvalue weighted by Gasteiger charge is 2.46. The van der Waals surface area contributed by atoms with E-state index in [2.05, 4.69) is 11.0 Å².